The van der Waals surface area contributed by atoms with E-state index in [-0.39, 0.29) is 11.8 Å². The zero-order chi connectivity index (χ0) is 12.7. The van der Waals surface area contributed by atoms with E-state index in [9.17, 15) is 4.79 Å². The largest absolute Gasteiger partial charge is 0.341 e. The molecule has 94 valence electrons. The molecule has 0 heterocycles. The Balaban J connectivity index is 2.53. The van der Waals surface area contributed by atoms with Gasteiger partial charge in [-0.3, -0.25) is 4.79 Å². The molecule has 1 amide bonds. The monoisotopic (exact) mass is 234 g/mol. The van der Waals surface area contributed by atoms with E-state index in [4.69, 9.17) is 5.73 Å². The van der Waals surface area contributed by atoms with E-state index in [0.29, 0.717) is 13.1 Å². The lowest BCUT2D eigenvalue weighted by Gasteiger charge is -2.24. The molecule has 0 bridgehead atoms. The molecule has 0 spiro atoms. The zero-order valence-corrected chi connectivity index (χ0v) is 10.7. The number of nitrogens with two attached hydrogens (primary N) is 1. The van der Waals surface area contributed by atoms with Gasteiger partial charge >= 0.3 is 0 Å². The molecular formula is C14H22N2O. The van der Waals surface area contributed by atoms with Crippen LogP contribution in [0.3, 0.4) is 0 Å². The van der Waals surface area contributed by atoms with Gasteiger partial charge in [-0.1, -0.05) is 44.2 Å². The van der Waals surface area contributed by atoms with Crippen molar-refractivity contribution in [2.75, 3.05) is 19.6 Å². The molecule has 0 unspecified atom stereocenters. The van der Waals surface area contributed by atoms with Crippen LogP contribution < -0.4 is 5.73 Å². The third-order valence-corrected chi connectivity index (χ3v) is 2.72. The lowest BCUT2D eigenvalue weighted by atomic mass is 10.1. The minimum absolute atomic E-state index is 0.0392. The number of carbonyl (C=O) groups is 1. The minimum atomic E-state index is 0.0392. The number of amides is 1. The van der Waals surface area contributed by atoms with Gasteiger partial charge in [-0.25, -0.2) is 0 Å². The number of hydrogen-bond acceptors (Lipinski definition) is 2. The molecule has 1 aromatic carbocycles. The maximum absolute atomic E-state index is 11.9. The minimum Gasteiger partial charge on any atom is -0.341 e. The van der Waals surface area contributed by atoms with E-state index >= 15 is 0 Å². The Morgan fingerprint density at radius 3 is 2.41 bits per heavy atom. The molecule has 0 aliphatic rings. The summed E-state index contributed by atoms with van der Waals surface area (Å²) in [5.41, 5.74) is 6.80. The molecule has 17 heavy (non-hydrogen) atoms. The van der Waals surface area contributed by atoms with Gasteiger partial charge in [0.1, 0.15) is 0 Å². The molecular weight excluding hydrogens is 212 g/mol. The topological polar surface area (TPSA) is 46.3 Å². The van der Waals surface area contributed by atoms with Crippen LogP contribution in [0.4, 0.5) is 0 Å². The molecule has 0 aromatic heterocycles. The van der Waals surface area contributed by atoms with Crippen LogP contribution >= 0.6 is 0 Å². The molecule has 0 atom stereocenters. The molecule has 1 aromatic rings. The molecule has 1 rings (SSSR count). The summed E-state index contributed by atoms with van der Waals surface area (Å²) in [5, 5.41) is 0. The molecule has 0 aliphatic heterocycles. The molecule has 0 fully saturated rings. The first-order valence-electron chi connectivity index (χ1n) is 6.18. The molecule has 3 heteroatoms. The van der Waals surface area contributed by atoms with Crippen molar-refractivity contribution >= 4 is 5.91 Å². The van der Waals surface area contributed by atoms with Crippen LogP contribution in [0.1, 0.15) is 19.4 Å². The summed E-state index contributed by atoms with van der Waals surface area (Å²) in [6.45, 7) is 5.76. The SMILES string of the molecule is CC(C)C(=O)N(CCN)CCc1ccccc1. The summed E-state index contributed by atoms with van der Waals surface area (Å²) in [6, 6.07) is 10.2. The van der Waals surface area contributed by atoms with Crippen molar-refractivity contribution < 1.29 is 4.79 Å². The molecule has 0 radical (unpaired) electrons. The smallest absolute Gasteiger partial charge is 0.225 e. The van der Waals surface area contributed by atoms with Crippen LogP contribution in [0.25, 0.3) is 0 Å². The maximum atomic E-state index is 11.9. The van der Waals surface area contributed by atoms with Crippen molar-refractivity contribution in [2.45, 2.75) is 20.3 Å². The Bertz CT molecular complexity index is 335. The Morgan fingerprint density at radius 2 is 1.88 bits per heavy atom. The Hall–Kier alpha value is -1.35. The fourth-order valence-corrected chi connectivity index (χ4v) is 1.76. The summed E-state index contributed by atoms with van der Waals surface area (Å²) < 4.78 is 0. The van der Waals surface area contributed by atoms with Gasteiger partial charge in [0.25, 0.3) is 0 Å². The maximum Gasteiger partial charge on any atom is 0.225 e. The number of rotatable bonds is 6. The fraction of sp³-hybridized carbons (Fsp3) is 0.500. The van der Waals surface area contributed by atoms with Gasteiger partial charge in [-0.05, 0) is 12.0 Å². The van der Waals surface area contributed by atoms with Crippen molar-refractivity contribution in [3.63, 3.8) is 0 Å². The predicted octanol–water partition coefficient (Wildman–Crippen LogP) is 1.67. The number of carbonyl (C=O) groups excluding carboxylic acids is 1. The predicted molar refractivity (Wildman–Crippen MR) is 70.6 cm³/mol. The first-order chi connectivity index (χ1) is 8.15. The van der Waals surface area contributed by atoms with Crippen molar-refractivity contribution in [2.24, 2.45) is 11.7 Å². The highest BCUT2D eigenvalue weighted by Gasteiger charge is 2.15. The highest BCUT2D eigenvalue weighted by molar-refractivity contribution is 5.78. The second-order valence-electron chi connectivity index (χ2n) is 4.50. The summed E-state index contributed by atoms with van der Waals surface area (Å²) >= 11 is 0. The van der Waals surface area contributed by atoms with Gasteiger partial charge in [0.2, 0.25) is 5.91 Å². The first kappa shape index (κ1) is 13.7. The lowest BCUT2D eigenvalue weighted by molar-refractivity contribution is -0.134. The van der Waals surface area contributed by atoms with Crippen molar-refractivity contribution in [1.29, 1.82) is 0 Å². The quantitative estimate of drug-likeness (QED) is 0.814. The standard InChI is InChI=1S/C14H22N2O/c1-12(2)14(17)16(11-9-15)10-8-13-6-4-3-5-7-13/h3-7,12H,8-11,15H2,1-2H3. The van der Waals surface area contributed by atoms with Crippen molar-refractivity contribution in [3.8, 4) is 0 Å². The van der Waals surface area contributed by atoms with Gasteiger partial charge in [-0.2, -0.15) is 0 Å². The number of benzene rings is 1. The van der Waals surface area contributed by atoms with Gasteiger partial charge in [0.05, 0.1) is 0 Å². The number of hydrogen-bond donors (Lipinski definition) is 1. The van der Waals surface area contributed by atoms with Gasteiger partial charge in [0, 0.05) is 25.6 Å². The van der Waals surface area contributed by atoms with Crippen molar-refractivity contribution in [1.82, 2.24) is 4.90 Å². The average Bonchev–Trinajstić information content (AvgIpc) is 2.34. The second kappa shape index (κ2) is 7.07. The van der Waals surface area contributed by atoms with E-state index in [1.54, 1.807) is 0 Å². The molecule has 0 saturated carbocycles. The Kier molecular flexibility index (Phi) is 5.70. The van der Waals surface area contributed by atoms with Crippen LogP contribution in [0.2, 0.25) is 0 Å². The highest BCUT2D eigenvalue weighted by atomic mass is 16.2. The third-order valence-electron chi connectivity index (χ3n) is 2.72. The van der Waals surface area contributed by atoms with Gasteiger partial charge in [-0.15, -0.1) is 0 Å². The first-order valence-corrected chi connectivity index (χ1v) is 6.18. The van der Waals surface area contributed by atoms with Crippen LogP contribution in [-0.4, -0.2) is 30.4 Å². The van der Waals surface area contributed by atoms with Crippen LogP contribution in [0, 0.1) is 5.92 Å². The number of nitrogens with zero attached hydrogens (tertiary/aromatic N) is 1. The van der Waals surface area contributed by atoms with E-state index in [2.05, 4.69) is 12.1 Å². The van der Waals surface area contributed by atoms with Crippen molar-refractivity contribution in [3.05, 3.63) is 35.9 Å². The summed E-state index contributed by atoms with van der Waals surface area (Å²) in [4.78, 5) is 13.8. The summed E-state index contributed by atoms with van der Waals surface area (Å²) in [6.07, 6.45) is 0.888. The molecule has 2 N–H and O–H groups in total. The fourth-order valence-electron chi connectivity index (χ4n) is 1.76. The van der Waals surface area contributed by atoms with E-state index in [1.807, 2.05) is 36.9 Å². The molecule has 0 saturated heterocycles. The van der Waals surface area contributed by atoms with Crippen LogP contribution in [0.5, 0.6) is 0 Å². The van der Waals surface area contributed by atoms with Gasteiger partial charge < -0.3 is 10.6 Å². The van der Waals surface area contributed by atoms with E-state index in [0.717, 1.165) is 13.0 Å². The molecule has 0 aliphatic carbocycles. The van der Waals surface area contributed by atoms with Crippen LogP contribution in [0.15, 0.2) is 30.3 Å². The average molecular weight is 234 g/mol. The Labute approximate surface area is 104 Å². The lowest BCUT2D eigenvalue weighted by Crippen LogP contribution is -2.39. The zero-order valence-electron chi connectivity index (χ0n) is 10.7. The normalized spacial score (nSPS) is 10.6. The van der Waals surface area contributed by atoms with Gasteiger partial charge in [0.15, 0.2) is 0 Å². The third kappa shape index (κ3) is 4.57. The summed E-state index contributed by atoms with van der Waals surface area (Å²) in [7, 11) is 0. The van der Waals surface area contributed by atoms with E-state index < -0.39 is 0 Å². The second-order valence-corrected chi connectivity index (χ2v) is 4.50. The molecule has 3 nitrogen and oxygen atoms in total. The van der Waals surface area contributed by atoms with Crippen LogP contribution in [-0.2, 0) is 11.2 Å². The Morgan fingerprint density at radius 1 is 1.24 bits per heavy atom. The van der Waals surface area contributed by atoms with E-state index in [1.165, 1.54) is 5.56 Å². The summed E-state index contributed by atoms with van der Waals surface area (Å²) in [5.74, 6) is 0.226. The highest BCUT2D eigenvalue weighted by Crippen LogP contribution is 2.05.